The molecule has 1 aromatic carbocycles. The molecule has 0 aliphatic carbocycles. The molecule has 102 valence electrons. The fourth-order valence-electron chi connectivity index (χ4n) is 2.33. The summed E-state index contributed by atoms with van der Waals surface area (Å²) in [6.07, 6.45) is 1.58. The molecule has 1 aliphatic rings. The molecule has 0 bridgehead atoms. The Morgan fingerprint density at radius 3 is 2.84 bits per heavy atom. The third-order valence-corrected chi connectivity index (χ3v) is 4.10. The molecule has 4 nitrogen and oxygen atoms in total. The number of likely N-dealkylation sites (tertiary alicyclic amines) is 1. The summed E-state index contributed by atoms with van der Waals surface area (Å²) < 4.78 is 0.631. The highest BCUT2D eigenvalue weighted by atomic mass is 79.9. The number of carboxylic acids is 1. The second kappa shape index (κ2) is 5.92. The molecule has 1 amide bonds. The molecular weight excluding hydrogens is 334 g/mol. The van der Waals surface area contributed by atoms with Crippen LogP contribution in [-0.2, 0) is 4.79 Å². The summed E-state index contributed by atoms with van der Waals surface area (Å²) in [5, 5.41) is 9.42. The van der Waals surface area contributed by atoms with Crippen LogP contribution in [-0.4, -0.2) is 34.5 Å². The third-order valence-electron chi connectivity index (χ3n) is 3.21. The molecule has 1 saturated heterocycles. The number of hydrogen-bond acceptors (Lipinski definition) is 2. The molecule has 19 heavy (non-hydrogen) atoms. The van der Waals surface area contributed by atoms with Crippen molar-refractivity contribution in [1.82, 2.24) is 4.90 Å². The largest absolute Gasteiger partial charge is 0.481 e. The van der Waals surface area contributed by atoms with Crippen molar-refractivity contribution in [1.29, 1.82) is 0 Å². The third kappa shape index (κ3) is 3.28. The molecule has 6 heteroatoms. The van der Waals surface area contributed by atoms with Crippen LogP contribution in [0.15, 0.2) is 22.7 Å². The van der Waals surface area contributed by atoms with Crippen LogP contribution in [0.4, 0.5) is 0 Å². The minimum absolute atomic E-state index is 0.00303. The molecule has 2 rings (SSSR count). The van der Waals surface area contributed by atoms with Gasteiger partial charge in [0.25, 0.3) is 5.91 Å². The Labute approximate surface area is 124 Å². The molecule has 1 aromatic rings. The van der Waals surface area contributed by atoms with E-state index in [1.165, 1.54) is 0 Å². The van der Waals surface area contributed by atoms with E-state index in [4.69, 9.17) is 16.7 Å². The molecular formula is C13H13BrClNO3. The zero-order valence-electron chi connectivity index (χ0n) is 10.1. The molecule has 1 unspecified atom stereocenters. The van der Waals surface area contributed by atoms with Crippen LogP contribution >= 0.6 is 27.5 Å². The van der Waals surface area contributed by atoms with Crippen molar-refractivity contribution in [2.45, 2.75) is 25.3 Å². The minimum Gasteiger partial charge on any atom is -0.481 e. The van der Waals surface area contributed by atoms with Crippen molar-refractivity contribution < 1.29 is 14.7 Å². The molecule has 1 atom stereocenters. The first kappa shape index (κ1) is 14.3. The molecule has 1 N–H and O–H groups in total. The summed E-state index contributed by atoms with van der Waals surface area (Å²) in [5.74, 6) is -1.02. The van der Waals surface area contributed by atoms with Gasteiger partial charge in [-0.2, -0.15) is 0 Å². The smallest absolute Gasteiger partial charge is 0.305 e. The molecule has 1 heterocycles. The summed E-state index contributed by atoms with van der Waals surface area (Å²) in [5.41, 5.74) is 0.515. The summed E-state index contributed by atoms with van der Waals surface area (Å²) in [6.45, 7) is 0.603. The lowest BCUT2D eigenvalue weighted by atomic mass is 10.1. The molecule has 1 aliphatic heterocycles. The van der Waals surface area contributed by atoms with E-state index in [9.17, 15) is 9.59 Å². The number of carbonyl (C=O) groups is 2. The Hall–Kier alpha value is -1.07. The molecule has 0 spiro atoms. The van der Waals surface area contributed by atoms with E-state index in [0.717, 1.165) is 12.8 Å². The van der Waals surface area contributed by atoms with Gasteiger partial charge in [0, 0.05) is 22.1 Å². The van der Waals surface area contributed by atoms with Crippen molar-refractivity contribution in [2.24, 2.45) is 0 Å². The van der Waals surface area contributed by atoms with Crippen LogP contribution in [0.5, 0.6) is 0 Å². The number of rotatable bonds is 3. The number of nitrogens with zero attached hydrogens (tertiary/aromatic N) is 1. The number of halogens is 2. The fourth-order valence-corrected chi connectivity index (χ4v) is 3.19. The van der Waals surface area contributed by atoms with E-state index in [1.54, 1.807) is 23.1 Å². The minimum atomic E-state index is -0.875. The number of amides is 1. The normalized spacial score (nSPS) is 18.6. The van der Waals surface area contributed by atoms with E-state index >= 15 is 0 Å². The van der Waals surface area contributed by atoms with Gasteiger partial charge in [0.15, 0.2) is 0 Å². The number of benzene rings is 1. The first-order chi connectivity index (χ1) is 8.99. The number of aliphatic carboxylic acids is 1. The van der Waals surface area contributed by atoms with Gasteiger partial charge in [-0.25, -0.2) is 0 Å². The predicted molar refractivity (Wildman–Crippen MR) is 75.5 cm³/mol. The van der Waals surface area contributed by atoms with E-state index < -0.39 is 5.97 Å². The van der Waals surface area contributed by atoms with Gasteiger partial charge in [-0.05, 0) is 47.0 Å². The molecule has 0 radical (unpaired) electrons. The monoisotopic (exact) mass is 345 g/mol. The van der Waals surface area contributed by atoms with Crippen molar-refractivity contribution >= 4 is 39.4 Å². The lowest BCUT2D eigenvalue weighted by Crippen LogP contribution is -2.37. The predicted octanol–water partition coefficient (Wildman–Crippen LogP) is 3.18. The average molecular weight is 347 g/mol. The molecule has 0 saturated carbocycles. The highest BCUT2D eigenvalue weighted by Gasteiger charge is 2.31. The number of carbonyl (C=O) groups excluding carboxylic acids is 1. The summed E-state index contributed by atoms with van der Waals surface area (Å²) in [6, 6.07) is 4.76. The second-order valence-electron chi connectivity index (χ2n) is 4.52. The van der Waals surface area contributed by atoms with Gasteiger partial charge in [0.2, 0.25) is 0 Å². The lowest BCUT2D eigenvalue weighted by molar-refractivity contribution is -0.137. The van der Waals surface area contributed by atoms with Gasteiger partial charge in [-0.3, -0.25) is 9.59 Å². The summed E-state index contributed by atoms with van der Waals surface area (Å²) in [4.78, 5) is 24.9. The van der Waals surface area contributed by atoms with Gasteiger partial charge < -0.3 is 10.0 Å². The van der Waals surface area contributed by atoms with Gasteiger partial charge in [-0.1, -0.05) is 11.6 Å². The maximum absolute atomic E-state index is 12.4. The van der Waals surface area contributed by atoms with Crippen LogP contribution in [0.3, 0.4) is 0 Å². The quantitative estimate of drug-likeness (QED) is 0.914. The van der Waals surface area contributed by atoms with Crippen molar-refractivity contribution in [3.63, 3.8) is 0 Å². The van der Waals surface area contributed by atoms with Crippen molar-refractivity contribution in [3.8, 4) is 0 Å². The van der Waals surface area contributed by atoms with Gasteiger partial charge in [0.05, 0.1) is 12.0 Å². The maximum atomic E-state index is 12.4. The Kier molecular flexibility index (Phi) is 4.47. The second-order valence-corrected chi connectivity index (χ2v) is 5.81. The molecule has 0 aromatic heterocycles. The lowest BCUT2D eigenvalue weighted by Gasteiger charge is -2.24. The maximum Gasteiger partial charge on any atom is 0.305 e. The van der Waals surface area contributed by atoms with Gasteiger partial charge in [-0.15, -0.1) is 0 Å². The van der Waals surface area contributed by atoms with Gasteiger partial charge in [0.1, 0.15) is 0 Å². The Balaban J connectivity index is 2.20. The standard InChI is InChI=1S/C13H13BrClNO3/c14-11-6-8(15)3-4-10(11)13(19)16-5-1-2-9(16)7-12(17)18/h3-4,6,9H,1-2,5,7H2,(H,17,18). The summed E-state index contributed by atoms with van der Waals surface area (Å²) >= 11 is 9.16. The SMILES string of the molecule is O=C(O)CC1CCCN1C(=O)c1ccc(Cl)cc1Br. The van der Waals surface area contributed by atoms with E-state index in [2.05, 4.69) is 15.9 Å². The number of hydrogen-bond donors (Lipinski definition) is 1. The Bertz CT molecular complexity index is 521. The summed E-state index contributed by atoms with van der Waals surface area (Å²) in [7, 11) is 0. The topological polar surface area (TPSA) is 57.6 Å². The first-order valence-electron chi connectivity index (χ1n) is 5.97. The fraction of sp³-hybridized carbons (Fsp3) is 0.385. The van der Waals surface area contributed by atoms with Crippen LogP contribution < -0.4 is 0 Å². The van der Waals surface area contributed by atoms with E-state index in [1.807, 2.05) is 0 Å². The van der Waals surface area contributed by atoms with Crippen LogP contribution in [0.2, 0.25) is 5.02 Å². The van der Waals surface area contributed by atoms with Crippen LogP contribution in [0, 0.1) is 0 Å². The van der Waals surface area contributed by atoms with Gasteiger partial charge >= 0.3 is 5.97 Å². The molecule has 1 fully saturated rings. The first-order valence-corrected chi connectivity index (χ1v) is 7.14. The zero-order chi connectivity index (χ0) is 14.0. The number of carboxylic acid groups (broad SMARTS) is 1. The Morgan fingerprint density at radius 1 is 1.47 bits per heavy atom. The van der Waals surface area contributed by atoms with E-state index in [-0.39, 0.29) is 18.4 Å². The zero-order valence-corrected chi connectivity index (χ0v) is 12.4. The Morgan fingerprint density at radius 2 is 2.21 bits per heavy atom. The van der Waals surface area contributed by atoms with Crippen molar-refractivity contribution in [3.05, 3.63) is 33.3 Å². The van der Waals surface area contributed by atoms with Crippen LogP contribution in [0.25, 0.3) is 0 Å². The highest BCUT2D eigenvalue weighted by Crippen LogP contribution is 2.27. The van der Waals surface area contributed by atoms with Crippen LogP contribution in [0.1, 0.15) is 29.6 Å². The van der Waals surface area contributed by atoms with Crippen molar-refractivity contribution in [2.75, 3.05) is 6.54 Å². The highest BCUT2D eigenvalue weighted by molar-refractivity contribution is 9.10. The average Bonchev–Trinajstić information content (AvgIpc) is 2.75. The van der Waals surface area contributed by atoms with E-state index in [0.29, 0.717) is 21.6 Å².